The van der Waals surface area contributed by atoms with E-state index in [2.05, 4.69) is 15.2 Å². The number of nitrogens with zero attached hydrogens (tertiary/aromatic N) is 2. The Labute approximate surface area is 106 Å². The van der Waals surface area contributed by atoms with Gasteiger partial charge in [-0.1, -0.05) is 17.7 Å². The second-order valence-corrected chi connectivity index (χ2v) is 5.05. The Bertz CT molecular complexity index is 434. The van der Waals surface area contributed by atoms with Crippen molar-refractivity contribution in [1.82, 2.24) is 15.2 Å². The highest BCUT2D eigenvalue weighted by atomic mass is 35.5. The van der Waals surface area contributed by atoms with Crippen LogP contribution in [0.25, 0.3) is 0 Å². The average molecular weight is 254 g/mol. The molecule has 1 aliphatic heterocycles. The molecular weight excluding hydrogens is 238 g/mol. The standard InChI is InChI=1S/C12H16ClN3O/c1-12(2)11(17)15-6-7-16(12)8-9-4-3-5-14-10(9)13/h3-5H,6-8H2,1-2H3,(H,15,17). The summed E-state index contributed by atoms with van der Waals surface area (Å²) < 4.78 is 0. The summed E-state index contributed by atoms with van der Waals surface area (Å²) in [5.41, 5.74) is 0.453. The molecule has 1 saturated heterocycles. The molecule has 2 heterocycles. The Kier molecular flexibility index (Phi) is 3.35. The summed E-state index contributed by atoms with van der Waals surface area (Å²) >= 11 is 6.03. The molecule has 0 unspecified atom stereocenters. The van der Waals surface area contributed by atoms with Gasteiger partial charge in [0, 0.05) is 31.4 Å². The van der Waals surface area contributed by atoms with Crippen molar-refractivity contribution in [2.75, 3.05) is 13.1 Å². The molecule has 1 N–H and O–H groups in total. The first-order chi connectivity index (χ1) is 8.01. The third-order valence-corrected chi connectivity index (χ3v) is 3.55. The Balaban J connectivity index is 2.18. The van der Waals surface area contributed by atoms with Crippen LogP contribution in [0.15, 0.2) is 18.3 Å². The molecule has 0 aliphatic carbocycles. The first-order valence-electron chi connectivity index (χ1n) is 5.64. The lowest BCUT2D eigenvalue weighted by Gasteiger charge is -2.41. The van der Waals surface area contributed by atoms with Crippen molar-refractivity contribution in [2.24, 2.45) is 0 Å². The van der Waals surface area contributed by atoms with Gasteiger partial charge in [-0.3, -0.25) is 9.69 Å². The number of rotatable bonds is 2. The van der Waals surface area contributed by atoms with Crippen LogP contribution in [0.3, 0.4) is 0 Å². The Morgan fingerprint density at radius 2 is 2.35 bits per heavy atom. The fraction of sp³-hybridized carbons (Fsp3) is 0.500. The van der Waals surface area contributed by atoms with Crippen LogP contribution in [0.2, 0.25) is 5.15 Å². The minimum atomic E-state index is -0.503. The van der Waals surface area contributed by atoms with E-state index in [-0.39, 0.29) is 5.91 Å². The van der Waals surface area contributed by atoms with Crippen molar-refractivity contribution < 1.29 is 4.79 Å². The number of halogens is 1. The van der Waals surface area contributed by atoms with Crippen LogP contribution in [-0.4, -0.2) is 34.4 Å². The maximum Gasteiger partial charge on any atom is 0.240 e. The van der Waals surface area contributed by atoms with Crippen LogP contribution in [0.5, 0.6) is 0 Å². The highest BCUT2D eigenvalue weighted by Gasteiger charge is 2.37. The quantitative estimate of drug-likeness (QED) is 0.812. The lowest BCUT2D eigenvalue weighted by atomic mass is 9.98. The number of hydrogen-bond donors (Lipinski definition) is 1. The maximum absolute atomic E-state index is 11.8. The van der Waals surface area contributed by atoms with Gasteiger partial charge in [0.2, 0.25) is 5.91 Å². The zero-order valence-corrected chi connectivity index (χ0v) is 10.8. The molecule has 0 aromatic carbocycles. The highest BCUT2D eigenvalue weighted by Crippen LogP contribution is 2.22. The van der Waals surface area contributed by atoms with Crippen molar-refractivity contribution >= 4 is 17.5 Å². The summed E-state index contributed by atoms with van der Waals surface area (Å²) in [5, 5.41) is 3.38. The fourth-order valence-corrected chi connectivity index (χ4v) is 2.14. The number of piperazine rings is 1. The Hall–Kier alpha value is -1.13. The molecule has 1 aromatic rings. The van der Waals surface area contributed by atoms with E-state index in [4.69, 9.17) is 11.6 Å². The van der Waals surface area contributed by atoms with Crippen LogP contribution in [0.1, 0.15) is 19.4 Å². The van der Waals surface area contributed by atoms with E-state index in [0.29, 0.717) is 18.2 Å². The first-order valence-corrected chi connectivity index (χ1v) is 6.02. The third-order valence-electron chi connectivity index (χ3n) is 3.21. The zero-order chi connectivity index (χ0) is 12.5. The van der Waals surface area contributed by atoms with Gasteiger partial charge < -0.3 is 5.32 Å². The van der Waals surface area contributed by atoms with Crippen LogP contribution in [0, 0.1) is 0 Å². The van der Waals surface area contributed by atoms with E-state index < -0.39 is 5.54 Å². The summed E-state index contributed by atoms with van der Waals surface area (Å²) in [6.07, 6.45) is 1.67. The van der Waals surface area contributed by atoms with Gasteiger partial charge in [0.25, 0.3) is 0 Å². The number of pyridine rings is 1. The van der Waals surface area contributed by atoms with E-state index in [1.165, 1.54) is 0 Å². The summed E-state index contributed by atoms with van der Waals surface area (Å²) in [6.45, 7) is 5.99. The third kappa shape index (κ3) is 2.42. The molecule has 0 bridgehead atoms. The summed E-state index contributed by atoms with van der Waals surface area (Å²) in [6, 6.07) is 3.80. The van der Waals surface area contributed by atoms with Gasteiger partial charge in [0.1, 0.15) is 5.15 Å². The molecule has 5 heteroatoms. The molecule has 1 aromatic heterocycles. The lowest BCUT2D eigenvalue weighted by Crippen LogP contribution is -2.61. The van der Waals surface area contributed by atoms with Crippen molar-refractivity contribution in [3.05, 3.63) is 29.0 Å². The van der Waals surface area contributed by atoms with Gasteiger partial charge in [0.05, 0.1) is 5.54 Å². The summed E-state index contributed by atoms with van der Waals surface area (Å²) in [4.78, 5) is 18.0. The largest absolute Gasteiger partial charge is 0.353 e. The predicted molar refractivity (Wildman–Crippen MR) is 66.7 cm³/mol. The molecule has 2 rings (SSSR count). The predicted octanol–water partition coefficient (Wildman–Crippen LogP) is 1.45. The number of carbonyl (C=O) groups is 1. The van der Waals surface area contributed by atoms with Crippen molar-refractivity contribution in [1.29, 1.82) is 0 Å². The minimum absolute atomic E-state index is 0.0590. The van der Waals surface area contributed by atoms with E-state index in [9.17, 15) is 4.79 Å². The van der Waals surface area contributed by atoms with Crippen LogP contribution < -0.4 is 5.32 Å². The highest BCUT2D eigenvalue weighted by molar-refractivity contribution is 6.30. The van der Waals surface area contributed by atoms with Crippen molar-refractivity contribution in [2.45, 2.75) is 25.9 Å². The maximum atomic E-state index is 11.8. The number of aromatic nitrogens is 1. The molecule has 4 nitrogen and oxygen atoms in total. The van der Waals surface area contributed by atoms with Crippen LogP contribution in [-0.2, 0) is 11.3 Å². The zero-order valence-electron chi connectivity index (χ0n) is 10.0. The molecule has 17 heavy (non-hydrogen) atoms. The second-order valence-electron chi connectivity index (χ2n) is 4.69. The molecule has 0 atom stereocenters. The molecule has 1 aliphatic rings. The fourth-order valence-electron chi connectivity index (χ4n) is 1.96. The molecule has 92 valence electrons. The number of carbonyl (C=O) groups excluding carboxylic acids is 1. The Morgan fingerprint density at radius 3 is 3.06 bits per heavy atom. The topological polar surface area (TPSA) is 45.2 Å². The average Bonchev–Trinajstić information content (AvgIpc) is 2.28. The SMILES string of the molecule is CC1(C)C(=O)NCCN1Cc1cccnc1Cl. The van der Waals surface area contributed by atoms with E-state index in [1.54, 1.807) is 6.20 Å². The first kappa shape index (κ1) is 12.3. The molecule has 0 spiro atoms. The van der Waals surface area contributed by atoms with Gasteiger partial charge in [-0.05, 0) is 19.9 Å². The van der Waals surface area contributed by atoms with Gasteiger partial charge in [0.15, 0.2) is 0 Å². The van der Waals surface area contributed by atoms with Gasteiger partial charge >= 0.3 is 0 Å². The molecular formula is C12H16ClN3O. The number of hydrogen-bond acceptors (Lipinski definition) is 3. The summed E-state index contributed by atoms with van der Waals surface area (Å²) in [5.74, 6) is 0.0590. The molecule has 0 saturated carbocycles. The normalized spacial score (nSPS) is 20.1. The van der Waals surface area contributed by atoms with E-state index in [1.807, 2.05) is 26.0 Å². The number of nitrogens with one attached hydrogen (secondary N) is 1. The van der Waals surface area contributed by atoms with Gasteiger partial charge in [-0.25, -0.2) is 4.98 Å². The van der Waals surface area contributed by atoms with Crippen LogP contribution >= 0.6 is 11.6 Å². The van der Waals surface area contributed by atoms with Crippen molar-refractivity contribution in [3.63, 3.8) is 0 Å². The summed E-state index contributed by atoms with van der Waals surface area (Å²) in [7, 11) is 0. The van der Waals surface area contributed by atoms with Gasteiger partial charge in [-0.15, -0.1) is 0 Å². The van der Waals surface area contributed by atoms with Crippen molar-refractivity contribution in [3.8, 4) is 0 Å². The molecule has 1 amide bonds. The van der Waals surface area contributed by atoms with E-state index >= 15 is 0 Å². The van der Waals surface area contributed by atoms with E-state index in [0.717, 1.165) is 12.1 Å². The second kappa shape index (κ2) is 4.63. The Morgan fingerprint density at radius 1 is 1.59 bits per heavy atom. The van der Waals surface area contributed by atoms with Gasteiger partial charge in [-0.2, -0.15) is 0 Å². The number of amides is 1. The van der Waals surface area contributed by atoms with Crippen LogP contribution in [0.4, 0.5) is 0 Å². The monoisotopic (exact) mass is 253 g/mol. The molecule has 0 radical (unpaired) electrons. The smallest absolute Gasteiger partial charge is 0.240 e. The molecule has 1 fully saturated rings. The lowest BCUT2D eigenvalue weighted by molar-refractivity contribution is -0.135. The minimum Gasteiger partial charge on any atom is -0.353 e.